The predicted molar refractivity (Wildman–Crippen MR) is 78.9 cm³/mol. The van der Waals surface area contributed by atoms with Crippen molar-refractivity contribution in [2.45, 2.75) is 37.8 Å². The van der Waals surface area contributed by atoms with Crippen molar-refractivity contribution in [3.8, 4) is 0 Å². The van der Waals surface area contributed by atoms with Crippen molar-refractivity contribution in [2.75, 3.05) is 13.7 Å². The smallest absolute Gasteiger partial charge is 0.231 e. The fraction of sp³-hybridized carbons (Fsp3) is 0.500. The normalized spacial score (nSPS) is 21.3. The topological polar surface area (TPSA) is 60.2 Å². The lowest BCUT2D eigenvalue weighted by Crippen LogP contribution is -2.22. The largest absolute Gasteiger partial charge is 0.370 e. The molecule has 1 aromatic heterocycles. The van der Waals surface area contributed by atoms with Crippen LogP contribution in [0.5, 0.6) is 0 Å². The first kappa shape index (κ1) is 14.2. The molecule has 5 nitrogen and oxygen atoms in total. The molecule has 0 saturated carbocycles. The number of benzene rings is 1. The van der Waals surface area contributed by atoms with Gasteiger partial charge < -0.3 is 14.6 Å². The first-order chi connectivity index (χ1) is 10.3. The Kier molecular flexibility index (Phi) is 4.31. The van der Waals surface area contributed by atoms with Crippen LogP contribution in [-0.2, 0) is 4.74 Å². The second-order valence-corrected chi connectivity index (χ2v) is 5.46. The molecule has 0 spiro atoms. The molecule has 1 saturated heterocycles. The number of rotatable bonds is 5. The summed E-state index contributed by atoms with van der Waals surface area (Å²) in [4.78, 5) is 4.54. The van der Waals surface area contributed by atoms with Crippen molar-refractivity contribution in [1.29, 1.82) is 0 Å². The molecule has 1 aliphatic rings. The van der Waals surface area contributed by atoms with E-state index in [2.05, 4.69) is 34.5 Å². The summed E-state index contributed by atoms with van der Waals surface area (Å²) >= 11 is 0. The van der Waals surface area contributed by atoms with Crippen LogP contribution in [0.3, 0.4) is 0 Å². The summed E-state index contributed by atoms with van der Waals surface area (Å²) < 4.78 is 11.1. The summed E-state index contributed by atoms with van der Waals surface area (Å²) in [6.07, 6.45) is 2.04. The zero-order chi connectivity index (χ0) is 14.7. The molecule has 1 aromatic carbocycles. The molecule has 0 bridgehead atoms. The predicted octanol–water partition coefficient (Wildman–Crippen LogP) is 2.99. The maximum absolute atomic E-state index is 5.60. The molecule has 112 valence electrons. The molecule has 0 amide bonds. The molecule has 1 fully saturated rings. The van der Waals surface area contributed by atoms with Crippen LogP contribution in [0, 0.1) is 0 Å². The molecule has 5 heteroatoms. The molecular weight excluding hydrogens is 266 g/mol. The summed E-state index contributed by atoms with van der Waals surface area (Å²) in [5, 5.41) is 7.43. The van der Waals surface area contributed by atoms with Crippen LogP contribution in [0.25, 0.3) is 0 Å². The lowest BCUT2D eigenvalue weighted by atomic mass is 9.94. The van der Waals surface area contributed by atoms with Crippen LogP contribution in [-0.4, -0.2) is 23.8 Å². The second kappa shape index (κ2) is 6.37. The van der Waals surface area contributed by atoms with Gasteiger partial charge in [0.15, 0.2) is 0 Å². The Labute approximate surface area is 124 Å². The molecule has 3 unspecified atom stereocenters. The summed E-state index contributed by atoms with van der Waals surface area (Å²) in [6.45, 7) is 2.88. The van der Waals surface area contributed by atoms with Gasteiger partial charge in [0.1, 0.15) is 6.10 Å². The number of hydrogen-bond acceptors (Lipinski definition) is 5. The van der Waals surface area contributed by atoms with Crippen molar-refractivity contribution >= 4 is 0 Å². The van der Waals surface area contributed by atoms with Gasteiger partial charge in [0, 0.05) is 12.6 Å². The van der Waals surface area contributed by atoms with Crippen LogP contribution >= 0.6 is 0 Å². The minimum absolute atomic E-state index is 0.000499. The third kappa shape index (κ3) is 2.99. The van der Waals surface area contributed by atoms with Crippen LogP contribution in [0.4, 0.5) is 0 Å². The van der Waals surface area contributed by atoms with Gasteiger partial charge in [0.25, 0.3) is 0 Å². The van der Waals surface area contributed by atoms with Crippen LogP contribution < -0.4 is 5.32 Å². The van der Waals surface area contributed by atoms with Crippen molar-refractivity contribution in [2.24, 2.45) is 0 Å². The number of ether oxygens (including phenoxy) is 1. The van der Waals surface area contributed by atoms with E-state index in [-0.39, 0.29) is 18.1 Å². The van der Waals surface area contributed by atoms with Gasteiger partial charge in [-0.1, -0.05) is 42.4 Å². The van der Waals surface area contributed by atoms with E-state index in [0.29, 0.717) is 11.7 Å². The van der Waals surface area contributed by atoms with E-state index in [1.807, 2.05) is 25.2 Å². The minimum atomic E-state index is -0.000499. The number of aromatic nitrogens is 2. The maximum Gasteiger partial charge on any atom is 0.231 e. The molecule has 2 heterocycles. The van der Waals surface area contributed by atoms with Gasteiger partial charge in [-0.15, -0.1) is 0 Å². The zero-order valence-corrected chi connectivity index (χ0v) is 12.5. The SMILES string of the molecule is CNC(c1ccccc1)C(C)c1nc(C2CCCO2)no1. The standard InChI is InChI=1S/C16H21N3O2/c1-11(14(17-2)12-7-4-3-5-8-12)16-18-15(19-21-16)13-9-6-10-20-13/h3-5,7-8,11,13-14,17H,6,9-10H2,1-2H3. The first-order valence-corrected chi connectivity index (χ1v) is 7.47. The third-order valence-corrected chi connectivity index (χ3v) is 4.03. The Morgan fingerprint density at radius 2 is 2.10 bits per heavy atom. The lowest BCUT2D eigenvalue weighted by Gasteiger charge is -2.21. The number of likely N-dealkylation sites (N-methyl/N-ethyl adjacent to an activating group) is 1. The third-order valence-electron chi connectivity index (χ3n) is 4.03. The minimum Gasteiger partial charge on any atom is -0.370 e. The van der Waals surface area contributed by atoms with Gasteiger partial charge in [0.2, 0.25) is 11.7 Å². The summed E-state index contributed by atoms with van der Waals surface area (Å²) in [5.74, 6) is 1.43. The summed E-state index contributed by atoms with van der Waals surface area (Å²) in [5.41, 5.74) is 1.21. The Morgan fingerprint density at radius 1 is 1.29 bits per heavy atom. The molecule has 1 aliphatic heterocycles. The Balaban J connectivity index is 1.78. The van der Waals surface area contributed by atoms with Crippen molar-refractivity contribution in [1.82, 2.24) is 15.5 Å². The summed E-state index contributed by atoms with van der Waals surface area (Å²) in [7, 11) is 1.95. The molecule has 0 aliphatic carbocycles. The maximum atomic E-state index is 5.60. The van der Waals surface area contributed by atoms with E-state index < -0.39 is 0 Å². The highest BCUT2D eigenvalue weighted by atomic mass is 16.5. The Bertz CT molecular complexity index is 564. The quantitative estimate of drug-likeness (QED) is 0.916. The van der Waals surface area contributed by atoms with E-state index in [4.69, 9.17) is 9.26 Å². The van der Waals surface area contributed by atoms with E-state index in [9.17, 15) is 0 Å². The fourth-order valence-corrected chi connectivity index (χ4v) is 2.85. The van der Waals surface area contributed by atoms with E-state index >= 15 is 0 Å². The van der Waals surface area contributed by atoms with Gasteiger partial charge in [-0.25, -0.2) is 0 Å². The van der Waals surface area contributed by atoms with Crippen LogP contribution in [0.1, 0.15) is 55.1 Å². The molecule has 3 atom stereocenters. The molecular formula is C16H21N3O2. The molecule has 0 radical (unpaired) electrons. The van der Waals surface area contributed by atoms with E-state index in [1.165, 1.54) is 5.56 Å². The fourth-order valence-electron chi connectivity index (χ4n) is 2.85. The Morgan fingerprint density at radius 3 is 2.76 bits per heavy atom. The van der Waals surface area contributed by atoms with Gasteiger partial charge in [-0.3, -0.25) is 0 Å². The number of nitrogens with zero attached hydrogens (tertiary/aromatic N) is 2. The second-order valence-electron chi connectivity index (χ2n) is 5.46. The molecule has 3 rings (SSSR count). The molecule has 21 heavy (non-hydrogen) atoms. The van der Waals surface area contributed by atoms with Crippen LogP contribution in [0.15, 0.2) is 34.9 Å². The highest BCUT2D eigenvalue weighted by Gasteiger charge is 2.28. The Hall–Kier alpha value is -1.72. The average Bonchev–Trinajstić information content (AvgIpc) is 3.20. The first-order valence-electron chi connectivity index (χ1n) is 7.47. The molecule has 2 aromatic rings. The van der Waals surface area contributed by atoms with Crippen molar-refractivity contribution < 1.29 is 9.26 Å². The summed E-state index contributed by atoms with van der Waals surface area (Å²) in [6, 6.07) is 10.5. The number of nitrogens with one attached hydrogen (secondary N) is 1. The number of hydrogen-bond donors (Lipinski definition) is 1. The highest BCUT2D eigenvalue weighted by Crippen LogP contribution is 2.32. The monoisotopic (exact) mass is 287 g/mol. The van der Waals surface area contributed by atoms with Gasteiger partial charge in [-0.05, 0) is 25.5 Å². The molecule has 1 N–H and O–H groups in total. The highest BCUT2D eigenvalue weighted by molar-refractivity contribution is 5.22. The van der Waals surface area contributed by atoms with Gasteiger partial charge in [-0.2, -0.15) is 4.98 Å². The van der Waals surface area contributed by atoms with E-state index in [0.717, 1.165) is 19.4 Å². The van der Waals surface area contributed by atoms with Crippen molar-refractivity contribution in [3.05, 3.63) is 47.6 Å². The van der Waals surface area contributed by atoms with Gasteiger partial charge >= 0.3 is 0 Å². The lowest BCUT2D eigenvalue weighted by molar-refractivity contribution is 0.103. The average molecular weight is 287 g/mol. The zero-order valence-electron chi connectivity index (χ0n) is 12.5. The van der Waals surface area contributed by atoms with Gasteiger partial charge in [0.05, 0.1) is 5.92 Å². The van der Waals surface area contributed by atoms with Crippen molar-refractivity contribution in [3.63, 3.8) is 0 Å². The van der Waals surface area contributed by atoms with Crippen LogP contribution in [0.2, 0.25) is 0 Å². The van der Waals surface area contributed by atoms with E-state index in [1.54, 1.807) is 0 Å².